The van der Waals surface area contributed by atoms with Crippen LogP contribution in [0.2, 0.25) is 0 Å². The number of nitrogens with two attached hydrogens (primary N) is 1. The van der Waals surface area contributed by atoms with Gasteiger partial charge in [-0.05, 0) is 39.0 Å². The second-order valence-corrected chi connectivity index (χ2v) is 6.16. The fourth-order valence-electron chi connectivity index (χ4n) is 1.81. The third-order valence-corrected chi connectivity index (χ3v) is 3.70. The van der Waals surface area contributed by atoms with Crippen LogP contribution in [0.25, 0.3) is 0 Å². The molecule has 0 aromatic heterocycles. The lowest BCUT2D eigenvalue weighted by atomic mass is 9.95. The van der Waals surface area contributed by atoms with Crippen molar-refractivity contribution < 1.29 is 4.79 Å². The lowest BCUT2D eigenvalue weighted by Crippen LogP contribution is -2.50. The molecule has 0 rings (SSSR count). The van der Waals surface area contributed by atoms with Crippen molar-refractivity contribution >= 4 is 5.91 Å². The Morgan fingerprint density at radius 2 is 1.83 bits per heavy atom. The smallest absolute Gasteiger partial charge is 0.237 e. The number of carbonyl (C=O) groups excluding carboxylic acids is 1. The molecule has 0 bridgehead atoms. The van der Waals surface area contributed by atoms with E-state index in [1.165, 1.54) is 19.3 Å². The molecule has 2 atom stereocenters. The molecule has 0 spiro atoms. The first-order valence-corrected chi connectivity index (χ1v) is 7.40. The third-order valence-electron chi connectivity index (χ3n) is 3.70. The molecule has 2 unspecified atom stereocenters. The van der Waals surface area contributed by atoms with Gasteiger partial charge in [0.15, 0.2) is 0 Å². The van der Waals surface area contributed by atoms with Crippen molar-refractivity contribution in [2.24, 2.45) is 11.7 Å². The van der Waals surface area contributed by atoms with Gasteiger partial charge in [0.05, 0.1) is 6.04 Å². The molecule has 18 heavy (non-hydrogen) atoms. The maximum Gasteiger partial charge on any atom is 0.237 e. The van der Waals surface area contributed by atoms with E-state index in [1.54, 1.807) is 0 Å². The number of carbonyl (C=O) groups is 1. The standard InChI is InChI=1S/C15H32N2O/c1-6-8-9-12(3)10-11-13(16)14(18)17-15(4,5)7-2/h12-13H,6-11,16H2,1-5H3,(H,17,18). The topological polar surface area (TPSA) is 55.1 Å². The van der Waals surface area contributed by atoms with Crippen LogP contribution in [0.4, 0.5) is 0 Å². The van der Waals surface area contributed by atoms with Gasteiger partial charge in [-0.2, -0.15) is 0 Å². The molecular formula is C15H32N2O. The van der Waals surface area contributed by atoms with Crippen molar-refractivity contribution in [3.63, 3.8) is 0 Å². The molecule has 108 valence electrons. The van der Waals surface area contributed by atoms with E-state index in [0.29, 0.717) is 5.92 Å². The molecule has 0 saturated carbocycles. The highest BCUT2D eigenvalue weighted by atomic mass is 16.2. The Bertz CT molecular complexity index is 239. The van der Waals surface area contributed by atoms with Gasteiger partial charge in [0.2, 0.25) is 5.91 Å². The Morgan fingerprint density at radius 1 is 1.22 bits per heavy atom. The van der Waals surface area contributed by atoms with Gasteiger partial charge in [0.25, 0.3) is 0 Å². The zero-order valence-electron chi connectivity index (χ0n) is 12.9. The molecule has 0 saturated heterocycles. The summed E-state index contributed by atoms with van der Waals surface area (Å²) < 4.78 is 0. The molecule has 0 aromatic rings. The highest BCUT2D eigenvalue weighted by molar-refractivity contribution is 5.82. The number of rotatable bonds is 9. The van der Waals surface area contributed by atoms with Crippen LogP contribution in [0.5, 0.6) is 0 Å². The van der Waals surface area contributed by atoms with Crippen LogP contribution < -0.4 is 11.1 Å². The van der Waals surface area contributed by atoms with Crippen molar-refractivity contribution in [2.75, 3.05) is 0 Å². The maximum absolute atomic E-state index is 11.9. The van der Waals surface area contributed by atoms with Gasteiger partial charge >= 0.3 is 0 Å². The normalized spacial score (nSPS) is 15.2. The predicted molar refractivity (Wildman–Crippen MR) is 78.4 cm³/mol. The summed E-state index contributed by atoms with van der Waals surface area (Å²) in [5.41, 5.74) is 5.79. The van der Waals surface area contributed by atoms with Crippen LogP contribution in [0.1, 0.15) is 73.1 Å². The van der Waals surface area contributed by atoms with E-state index in [9.17, 15) is 4.79 Å². The summed E-state index contributed by atoms with van der Waals surface area (Å²) in [5.74, 6) is 0.660. The SMILES string of the molecule is CCCCC(C)CCC(N)C(=O)NC(C)(C)CC. The first-order valence-electron chi connectivity index (χ1n) is 7.40. The summed E-state index contributed by atoms with van der Waals surface area (Å²) in [6, 6.07) is -0.361. The van der Waals surface area contributed by atoms with Crippen LogP contribution in [-0.4, -0.2) is 17.5 Å². The summed E-state index contributed by atoms with van der Waals surface area (Å²) in [7, 11) is 0. The van der Waals surface area contributed by atoms with Crippen LogP contribution in [0.3, 0.4) is 0 Å². The number of unbranched alkanes of at least 4 members (excludes halogenated alkanes) is 1. The Morgan fingerprint density at radius 3 is 2.33 bits per heavy atom. The van der Waals surface area contributed by atoms with E-state index in [0.717, 1.165) is 19.3 Å². The maximum atomic E-state index is 11.9. The van der Waals surface area contributed by atoms with E-state index in [-0.39, 0.29) is 17.5 Å². The zero-order chi connectivity index (χ0) is 14.2. The van der Waals surface area contributed by atoms with Crippen molar-refractivity contribution in [1.82, 2.24) is 5.32 Å². The summed E-state index contributed by atoms with van der Waals surface area (Å²) >= 11 is 0. The largest absolute Gasteiger partial charge is 0.350 e. The summed E-state index contributed by atoms with van der Waals surface area (Å²) in [6.07, 6.45) is 6.49. The first-order chi connectivity index (χ1) is 8.32. The third kappa shape index (κ3) is 7.70. The average molecular weight is 256 g/mol. The first kappa shape index (κ1) is 17.4. The highest BCUT2D eigenvalue weighted by Crippen LogP contribution is 2.15. The molecule has 0 radical (unpaired) electrons. The van der Waals surface area contributed by atoms with Gasteiger partial charge in [0.1, 0.15) is 0 Å². The van der Waals surface area contributed by atoms with E-state index in [1.807, 2.05) is 13.8 Å². The quantitative estimate of drug-likeness (QED) is 0.665. The summed E-state index contributed by atoms with van der Waals surface area (Å²) in [6.45, 7) is 10.6. The Kier molecular flexibility index (Phi) is 8.25. The van der Waals surface area contributed by atoms with Crippen molar-refractivity contribution in [3.05, 3.63) is 0 Å². The van der Waals surface area contributed by atoms with Crippen LogP contribution in [0.15, 0.2) is 0 Å². The molecule has 0 aliphatic heterocycles. The predicted octanol–water partition coefficient (Wildman–Crippen LogP) is 3.23. The molecule has 0 aliphatic carbocycles. The summed E-state index contributed by atoms with van der Waals surface area (Å²) in [5, 5.41) is 3.01. The minimum atomic E-state index is -0.361. The van der Waals surface area contributed by atoms with Gasteiger partial charge < -0.3 is 11.1 Å². The fraction of sp³-hybridized carbons (Fsp3) is 0.933. The highest BCUT2D eigenvalue weighted by Gasteiger charge is 2.22. The molecule has 0 aromatic carbocycles. The molecule has 3 heteroatoms. The second kappa shape index (κ2) is 8.52. The van der Waals surface area contributed by atoms with E-state index < -0.39 is 0 Å². The van der Waals surface area contributed by atoms with Gasteiger partial charge in [-0.1, -0.05) is 40.0 Å². The van der Waals surface area contributed by atoms with Gasteiger partial charge in [0, 0.05) is 5.54 Å². The number of hydrogen-bond acceptors (Lipinski definition) is 2. The number of amides is 1. The van der Waals surface area contributed by atoms with E-state index >= 15 is 0 Å². The van der Waals surface area contributed by atoms with Crippen LogP contribution in [-0.2, 0) is 4.79 Å². The van der Waals surface area contributed by atoms with Gasteiger partial charge in [-0.25, -0.2) is 0 Å². The fourth-order valence-corrected chi connectivity index (χ4v) is 1.81. The molecular weight excluding hydrogens is 224 g/mol. The monoisotopic (exact) mass is 256 g/mol. The molecule has 3 nitrogen and oxygen atoms in total. The average Bonchev–Trinajstić information content (AvgIpc) is 2.32. The lowest BCUT2D eigenvalue weighted by molar-refractivity contribution is -0.124. The molecule has 0 aliphatic rings. The van der Waals surface area contributed by atoms with Crippen molar-refractivity contribution in [1.29, 1.82) is 0 Å². The minimum Gasteiger partial charge on any atom is -0.350 e. The minimum absolute atomic E-state index is 0.00968. The molecule has 3 N–H and O–H groups in total. The molecule has 0 fully saturated rings. The zero-order valence-corrected chi connectivity index (χ0v) is 12.9. The Labute approximate surface area is 113 Å². The summed E-state index contributed by atoms with van der Waals surface area (Å²) in [4.78, 5) is 11.9. The van der Waals surface area contributed by atoms with Crippen LogP contribution in [0, 0.1) is 5.92 Å². The molecule has 1 amide bonds. The van der Waals surface area contributed by atoms with E-state index in [2.05, 4.69) is 26.1 Å². The second-order valence-electron chi connectivity index (χ2n) is 6.16. The molecule has 0 heterocycles. The van der Waals surface area contributed by atoms with Gasteiger partial charge in [-0.15, -0.1) is 0 Å². The lowest BCUT2D eigenvalue weighted by Gasteiger charge is -2.26. The van der Waals surface area contributed by atoms with E-state index in [4.69, 9.17) is 5.73 Å². The van der Waals surface area contributed by atoms with Gasteiger partial charge in [-0.3, -0.25) is 4.79 Å². The number of nitrogens with one attached hydrogen (secondary N) is 1. The number of hydrogen-bond donors (Lipinski definition) is 2. The Hall–Kier alpha value is -0.570. The Balaban J connectivity index is 3.94. The van der Waals surface area contributed by atoms with Crippen molar-refractivity contribution in [2.45, 2.75) is 84.7 Å². The van der Waals surface area contributed by atoms with Crippen LogP contribution >= 0.6 is 0 Å². The van der Waals surface area contributed by atoms with Crippen molar-refractivity contribution in [3.8, 4) is 0 Å².